The van der Waals surface area contributed by atoms with Crippen molar-refractivity contribution < 1.29 is 14.3 Å². The maximum absolute atomic E-state index is 12.9. The first-order valence-corrected chi connectivity index (χ1v) is 10.5. The number of likely N-dealkylation sites (tertiary alicyclic amines) is 2. The average Bonchev–Trinajstić information content (AvgIpc) is 3.06. The minimum atomic E-state index is -0.241. The van der Waals surface area contributed by atoms with Crippen LogP contribution in [0.2, 0.25) is 0 Å². The standard InChI is InChI=1S/C20H30N2O3S/c1-20(2)7-4-9-21(12-8-20)18(23)16-13-17(26-14-16)15-5-10-22(11-6-15)19(24)25-3/h13-15H,4-12H2,1-3H3. The van der Waals surface area contributed by atoms with Gasteiger partial charge < -0.3 is 14.5 Å². The molecule has 0 radical (unpaired) electrons. The van der Waals surface area contributed by atoms with Crippen LogP contribution in [0.4, 0.5) is 4.79 Å². The Labute approximate surface area is 160 Å². The second-order valence-electron chi connectivity index (χ2n) is 8.28. The molecule has 0 bridgehead atoms. The zero-order chi connectivity index (χ0) is 18.7. The van der Waals surface area contributed by atoms with Gasteiger partial charge in [0.25, 0.3) is 5.91 Å². The molecule has 2 saturated heterocycles. The van der Waals surface area contributed by atoms with Gasteiger partial charge in [-0.15, -0.1) is 11.3 Å². The fraction of sp³-hybridized carbons (Fsp3) is 0.700. The number of rotatable bonds is 2. The van der Waals surface area contributed by atoms with E-state index in [0.29, 0.717) is 11.3 Å². The highest BCUT2D eigenvalue weighted by Gasteiger charge is 2.28. The number of ether oxygens (including phenoxy) is 1. The number of hydrogen-bond acceptors (Lipinski definition) is 4. The van der Waals surface area contributed by atoms with Crippen molar-refractivity contribution >= 4 is 23.3 Å². The minimum absolute atomic E-state index is 0.178. The van der Waals surface area contributed by atoms with Crippen LogP contribution >= 0.6 is 11.3 Å². The lowest BCUT2D eigenvalue weighted by atomic mass is 9.85. The van der Waals surface area contributed by atoms with Crippen LogP contribution in [0, 0.1) is 5.41 Å². The SMILES string of the molecule is COC(=O)N1CCC(c2cc(C(=O)N3CCCC(C)(C)CC3)cs2)CC1. The summed E-state index contributed by atoms with van der Waals surface area (Å²) in [6.45, 7) is 7.76. The molecule has 144 valence electrons. The number of piperidine rings is 1. The monoisotopic (exact) mass is 378 g/mol. The van der Waals surface area contributed by atoms with Crippen LogP contribution in [0.1, 0.15) is 67.1 Å². The predicted molar refractivity (Wildman–Crippen MR) is 104 cm³/mol. The number of carbonyl (C=O) groups excluding carboxylic acids is 2. The summed E-state index contributed by atoms with van der Waals surface area (Å²) in [6.07, 6.45) is 4.96. The highest BCUT2D eigenvalue weighted by Crippen LogP contribution is 2.34. The maximum atomic E-state index is 12.9. The van der Waals surface area contributed by atoms with E-state index in [0.717, 1.165) is 57.4 Å². The molecule has 1 aromatic heterocycles. The lowest BCUT2D eigenvalue weighted by molar-refractivity contribution is 0.0758. The summed E-state index contributed by atoms with van der Waals surface area (Å²) in [7, 11) is 1.43. The van der Waals surface area contributed by atoms with Crippen molar-refractivity contribution in [2.75, 3.05) is 33.3 Å². The first-order valence-electron chi connectivity index (χ1n) is 9.60. The Hall–Kier alpha value is -1.56. The zero-order valence-corrected chi connectivity index (χ0v) is 16.9. The molecule has 3 heterocycles. The van der Waals surface area contributed by atoms with E-state index < -0.39 is 0 Å². The molecule has 2 aliphatic rings. The lowest BCUT2D eigenvalue weighted by Crippen LogP contribution is -2.37. The van der Waals surface area contributed by atoms with Gasteiger partial charge >= 0.3 is 6.09 Å². The van der Waals surface area contributed by atoms with E-state index in [1.54, 1.807) is 16.2 Å². The van der Waals surface area contributed by atoms with Gasteiger partial charge in [-0.05, 0) is 49.5 Å². The largest absolute Gasteiger partial charge is 0.453 e. The van der Waals surface area contributed by atoms with E-state index >= 15 is 0 Å². The predicted octanol–water partition coefficient (Wildman–Crippen LogP) is 4.35. The molecule has 0 aromatic carbocycles. The van der Waals surface area contributed by atoms with Crippen LogP contribution in [-0.2, 0) is 4.74 Å². The average molecular weight is 379 g/mol. The fourth-order valence-corrected chi connectivity index (χ4v) is 5.02. The van der Waals surface area contributed by atoms with Crippen molar-refractivity contribution in [3.8, 4) is 0 Å². The van der Waals surface area contributed by atoms with Crippen molar-refractivity contribution in [3.05, 3.63) is 21.9 Å². The summed E-state index contributed by atoms with van der Waals surface area (Å²) in [5, 5.41) is 2.01. The Kier molecular flexibility index (Phi) is 5.90. The van der Waals surface area contributed by atoms with Crippen molar-refractivity contribution in [3.63, 3.8) is 0 Å². The van der Waals surface area contributed by atoms with Gasteiger partial charge in [-0.25, -0.2) is 4.79 Å². The smallest absolute Gasteiger partial charge is 0.409 e. The van der Waals surface area contributed by atoms with Gasteiger partial charge in [-0.1, -0.05) is 13.8 Å². The fourth-order valence-electron chi connectivity index (χ4n) is 3.96. The molecular formula is C20H30N2O3S. The topological polar surface area (TPSA) is 49.9 Å². The third-order valence-electron chi connectivity index (χ3n) is 5.82. The Morgan fingerprint density at radius 1 is 1.12 bits per heavy atom. The third kappa shape index (κ3) is 4.40. The highest BCUT2D eigenvalue weighted by molar-refractivity contribution is 7.10. The molecular weight excluding hydrogens is 348 g/mol. The summed E-state index contributed by atoms with van der Waals surface area (Å²) in [6, 6.07) is 2.08. The number of nitrogens with zero attached hydrogens (tertiary/aromatic N) is 2. The second-order valence-corrected chi connectivity index (χ2v) is 9.22. The molecule has 0 saturated carbocycles. The summed E-state index contributed by atoms with van der Waals surface area (Å²) in [5.41, 5.74) is 1.17. The van der Waals surface area contributed by atoms with E-state index in [1.165, 1.54) is 18.4 Å². The summed E-state index contributed by atoms with van der Waals surface area (Å²) < 4.78 is 4.80. The molecule has 2 amide bonds. The minimum Gasteiger partial charge on any atom is -0.453 e. The molecule has 0 aliphatic carbocycles. The molecule has 26 heavy (non-hydrogen) atoms. The van der Waals surface area contributed by atoms with E-state index in [2.05, 4.69) is 19.9 Å². The quantitative estimate of drug-likeness (QED) is 0.769. The van der Waals surface area contributed by atoms with E-state index in [9.17, 15) is 9.59 Å². The van der Waals surface area contributed by atoms with Crippen LogP contribution < -0.4 is 0 Å². The normalized spacial score (nSPS) is 21.3. The highest BCUT2D eigenvalue weighted by atomic mass is 32.1. The molecule has 0 spiro atoms. The van der Waals surface area contributed by atoms with Crippen LogP contribution in [-0.4, -0.2) is 55.1 Å². The van der Waals surface area contributed by atoms with Crippen molar-refractivity contribution in [2.45, 2.75) is 51.9 Å². The molecule has 0 atom stereocenters. The number of thiophene rings is 1. The molecule has 0 unspecified atom stereocenters. The van der Waals surface area contributed by atoms with E-state index in [1.807, 2.05) is 10.3 Å². The van der Waals surface area contributed by atoms with Gasteiger partial charge in [-0.3, -0.25) is 4.79 Å². The summed E-state index contributed by atoms with van der Waals surface area (Å²) in [5.74, 6) is 0.614. The van der Waals surface area contributed by atoms with Gasteiger partial charge in [0, 0.05) is 36.4 Å². The second kappa shape index (κ2) is 7.99. The number of methoxy groups -OCH3 is 1. The van der Waals surface area contributed by atoms with Gasteiger partial charge in [0.1, 0.15) is 0 Å². The Bertz CT molecular complexity index is 647. The van der Waals surface area contributed by atoms with Crippen LogP contribution in [0.25, 0.3) is 0 Å². The van der Waals surface area contributed by atoms with Crippen LogP contribution in [0.5, 0.6) is 0 Å². The van der Waals surface area contributed by atoms with Gasteiger partial charge in [-0.2, -0.15) is 0 Å². The molecule has 1 aromatic rings. The number of hydrogen-bond donors (Lipinski definition) is 0. The zero-order valence-electron chi connectivity index (χ0n) is 16.1. The lowest BCUT2D eigenvalue weighted by Gasteiger charge is -2.30. The van der Waals surface area contributed by atoms with E-state index in [4.69, 9.17) is 4.74 Å². The molecule has 2 aliphatic heterocycles. The maximum Gasteiger partial charge on any atom is 0.409 e. The van der Waals surface area contributed by atoms with E-state index in [-0.39, 0.29) is 12.0 Å². The van der Waals surface area contributed by atoms with Crippen LogP contribution in [0.15, 0.2) is 11.4 Å². The first-order chi connectivity index (χ1) is 12.4. The third-order valence-corrected chi connectivity index (χ3v) is 6.92. The van der Waals surface area contributed by atoms with Gasteiger partial charge in [0.2, 0.25) is 0 Å². The number of amides is 2. The van der Waals surface area contributed by atoms with Crippen LogP contribution in [0.3, 0.4) is 0 Å². The Morgan fingerprint density at radius 3 is 2.54 bits per heavy atom. The van der Waals surface area contributed by atoms with Crippen molar-refractivity contribution in [1.29, 1.82) is 0 Å². The first kappa shape index (κ1) is 19.2. The van der Waals surface area contributed by atoms with Crippen molar-refractivity contribution in [1.82, 2.24) is 9.80 Å². The Balaban J connectivity index is 1.59. The van der Waals surface area contributed by atoms with Crippen molar-refractivity contribution in [2.24, 2.45) is 5.41 Å². The summed E-state index contributed by atoms with van der Waals surface area (Å²) >= 11 is 1.69. The summed E-state index contributed by atoms with van der Waals surface area (Å²) in [4.78, 5) is 29.6. The molecule has 0 N–H and O–H groups in total. The molecule has 3 rings (SSSR count). The number of carbonyl (C=O) groups is 2. The van der Waals surface area contributed by atoms with Gasteiger partial charge in [0.15, 0.2) is 0 Å². The Morgan fingerprint density at radius 2 is 1.85 bits per heavy atom. The molecule has 6 heteroatoms. The molecule has 2 fully saturated rings. The van der Waals surface area contributed by atoms with Gasteiger partial charge in [0.05, 0.1) is 12.7 Å². The molecule has 5 nitrogen and oxygen atoms in total.